The number of amides is 1. The van der Waals surface area contributed by atoms with E-state index >= 15 is 0 Å². The SMILES string of the molecule is CC1(C)c2cnc(Nc3ccccc3)nc2CN1C(=O)CC1CCOCC1. The molecule has 2 aliphatic rings. The average Bonchev–Trinajstić information content (AvgIpc) is 2.94. The lowest BCUT2D eigenvalue weighted by atomic mass is 9.93. The van der Waals surface area contributed by atoms with E-state index in [0.717, 1.165) is 43.0 Å². The van der Waals surface area contributed by atoms with Crippen LogP contribution in [0, 0.1) is 5.92 Å². The summed E-state index contributed by atoms with van der Waals surface area (Å²) in [4.78, 5) is 24.1. The highest BCUT2D eigenvalue weighted by atomic mass is 16.5. The van der Waals surface area contributed by atoms with E-state index in [1.165, 1.54) is 0 Å². The van der Waals surface area contributed by atoms with Crippen LogP contribution in [0.3, 0.4) is 0 Å². The number of nitrogens with zero attached hydrogens (tertiary/aromatic N) is 3. The second-order valence-electron chi connectivity index (χ2n) is 7.84. The van der Waals surface area contributed by atoms with Gasteiger partial charge in [0.15, 0.2) is 0 Å². The Balaban J connectivity index is 1.50. The Kier molecular flexibility index (Phi) is 4.83. The van der Waals surface area contributed by atoms with Crippen LogP contribution in [0.25, 0.3) is 0 Å². The predicted molar refractivity (Wildman–Crippen MR) is 103 cm³/mol. The molecule has 27 heavy (non-hydrogen) atoms. The van der Waals surface area contributed by atoms with Crippen molar-refractivity contribution in [2.45, 2.75) is 45.2 Å². The van der Waals surface area contributed by atoms with Gasteiger partial charge in [0, 0.05) is 37.1 Å². The molecule has 3 heterocycles. The van der Waals surface area contributed by atoms with Gasteiger partial charge < -0.3 is 15.0 Å². The fourth-order valence-electron chi connectivity index (χ4n) is 3.96. The molecule has 0 radical (unpaired) electrons. The summed E-state index contributed by atoms with van der Waals surface area (Å²) < 4.78 is 5.41. The minimum atomic E-state index is -0.386. The Morgan fingerprint density at radius 3 is 2.74 bits per heavy atom. The Hall–Kier alpha value is -2.47. The van der Waals surface area contributed by atoms with E-state index in [0.29, 0.717) is 24.8 Å². The van der Waals surface area contributed by atoms with E-state index in [9.17, 15) is 4.79 Å². The van der Waals surface area contributed by atoms with Crippen molar-refractivity contribution in [2.24, 2.45) is 5.92 Å². The molecule has 1 aromatic carbocycles. The summed E-state index contributed by atoms with van der Waals surface area (Å²) in [6, 6.07) is 9.86. The summed E-state index contributed by atoms with van der Waals surface area (Å²) in [5.74, 6) is 1.18. The molecular weight excluding hydrogens is 340 g/mol. The summed E-state index contributed by atoms with van der Waals surface area (Å²) in [6.45, 7) is 6.22. The van der Waals surface area contributed by atoms with Gasteiger partial charge >= 0.3 is 0 Å². The van der Waals surface area contributed by atoms with Gasteiger partial charge in [-0.1, -0.05) is 18.2 Å². The molecule has 1 fully saturated rings. The average molecular weight is 366 g/mol. The Labute approximate surface area is 160 Å². The van der Waals surface area contributed by atoms with Gasteiger partial charge in [-0.15, -0.1) is 0 Å². The zero-order valence-electron chi connectivity index (χ0n) is 15.9. The number of carbonyl (C=O) groups is 1. The molecule has 2 aromatic rings. The maximum Gasteiger partial charge on any atom is 0.227 e. The number of aromatic nitrogens is 2. The number of benzene rings is 1. The lowest BCUT2D eigenvalue weighted by Gasteiger charge is -2.33. The number of fused-ring (bicyclic) bond motifs is 1. The largest absolute Gasteiger partial charge is 0.381 e. The maximum atomic E-state index is 13.0. The van der Waals surface area contributed by atoms with Crippen molar-refractivity contribution in [1.29, 1.82) is 0 Å². The summed E-state index contributed by atoms with van der Waals surface area (Å²) >= 11 is 0. The third-order valence-corrected chi connectivity index (χ3v) is 5.64. The van der Waals surface area contributed by atoms with Crippen LogP contribution in [-0.2, 0) is 21.6 Å². The zero-order valence-corrected chi connectivity index (χ0v) is 15.9. The molecule has 1 N–H and O–H groups in total. The number of rotatable bonds is 4. The van der Waals surface area contributed by atoms with Gasteiger partial charge in [-0.3, -0.25) is 4.79 Å². The zero-order chi connectivity index (χ0) is 18.9. The number of ether oxygens (including phenoxy) is 1. The molecule has 0 aliphatic carbocycles. The van der Waals surface area contributed by atoms with Crippen LogP contribution in [0.1, 0.15) is 44.4 Å². The molecule has 0 saturated carbocycles. The van der Waals surface area contributed by atoms with Gasteiger partial charge in [0.1, 0.15) is 0 Å². The van der Waals surface area contributed by atoms with Gasteiger partial charge in [-0.25, -0.2) is 9.97 Å². The normalized spacial score (nSPS) is 19.0. The fourth-order valence-corrected chi connectivity index (χ4v) is 3.96. The monoisotopic (exact) mass is 366 g/mol. The van der Waals surface area contributed by atoms with Crippen molar-refractivity contribution in [3.63, 3.8) is 0 Å². The van der Waals surface area contributed by atoms with Crippen LogP contribution in [0.4, 0.5) is 11.6 Å². The lowest BCUT2D eigenvalue weighted by Crippen LogP contribution is -2.41. The van der Waals surface area contributed by atoms with Crippen LogP contribution in [0.2, 0.25) is 0 Å². The predicted octanol–water partition coefficient (Wildman–Crippen LogP) is 3.61. The first kappa shape index (κ1) is 17.9. The molecule has 1 saturated heterocycles. The molecule has 142 valence electrons. The van der Waals surface area contributed by atoms with Gasteiger partial charge in [-0.05, 0) is 44.7 Å². The summed E-state index contributed by atoms with van der Waals surface area (Å²) in [5.41, 5.74) is 2.51. The first-order valence-electron chi connectivity index (χ1n) is 9.61. The molecule has 2 aliphatic heterocycles. The number of nitrogens with one attached hydrogen (secondary N) is 1. The number of hydrogen-bond donors (Lipinski definition) is 1. The highest BCUT2D eigenvalue weighted by molar-refractivity contribution is 5.78. The van der Waals surface area contributed by atoms with Crippen molar-refractivity contribution >= 4 is 17.5 Å². The highest BCUT2D eigenvalue weighted by Gasteiger charge is 2.42. The third-order valence-electron chi connectivity index (χ3n) is 5.64. The molecule has 1 amide bonds. The van der Waals surface area contributed by atoms with Crippen LogP contribution < -0.4 is 5.32 Å². The molecule has 6 heteroatoms. The number of carbonyl (C=O) groups excluding carboxylic acids is 1. The van der Waals surface area contributed by atoms with Crippen LogP contribution >= 0.6 is 0 Å². The molecule has 0 spiro atoms. The van der Waals surface area contributed by atoms with Crippen molar-refractivity contribution in [3.8, 4) is 0 Å². The van der Waals surface area contributed by atoms with Crippen LogP contribution in [0.15, 0.2) is 36.5 Å². The Morgan fingerprint density at radius 2 is 2.00 bits per heavy atom. The topological polar surface area (TPSA) is 67.4 Å². The molecule has 0 atom stereocenters. The van der Waals surface area contributed by atoms with Crippen molar-refractivity contribution < 1.29 is 9.53 Å². The number of para-hydroxylation sites is 1. The first-order chi connectivity index (χ1) is 13.0. The number of hydrogen-bond acceptors (Lipinski definition) is 5. The number of anilines is 2. The van der Waals surface area contributed by atoms with Gasteiger partial charge in [0.05, 0.1) is 17.8 Å². The van der Waals surface area contributed by atoms with E-state index in [1.807, 2.05) is 41.4 Å². The molecule has 0 unspecified atom stereocenters. The van der Waals surface area contributed by atoms with E-state index < -0.39 is 0 Å². The highest BCUT2D eigenvalue weighted by Crippen LogP contribution is 2.39. The summed E-state index contributed by atoms with van der Waals surface area (Å²) in [6.07, 6.45) is 4.38. The standard InChI is InChI=1S/C21H26N4O2/c1-21(2)17-13-22-20(23-16-6-4-3-5-7-16)24-18(17)14-25(21)19(26)12-15-8-10-27-11-9-15/h3-7,13,15H,8-12,14H2,1-2H3,(H,22,23,24). The van der Waals surface area contributed by atoms with Gasteiger partial charge in [0.25, 0.3) is 0 Å². The molecule has 4 rings (SSSR count). The van der Waals surface area contributed by atoms with E-state index in [4.69, 9.17) is 4.74 Å². The minimum absolute atomic E-state index is 0.197. The van der Waals surface area contributed by atoms with Gasteiger partial charge in [-0.2, -0.15) is 0 Å². The summed E-state index contributed by atoms with van der Waals surface area (Å²) in [7, 11) is 0. The molecule has 1 aromatic heterocycles. The quantitative estimate of drug-likeness (QED) is 0.895. The summed E-state index contributed by atoms with van der Waals surface area (Å²) in [5, 5.41) is 3.23. The smallest absolute Gasteiger partial charge is 0.227 e. The fraction of sp³-hybridized carbons (Fsp3) is 0.476. The third kappa shape index (κ3) is 3.67. The first-order valence-corrected chi connectivity index (χ1v) is 9.61. The van der Waals surface area contributed by atoms with Crippen LogP contribution in [-0.4, -0.2) is 34.0 Å². The van der Waals surface area contributed by atoms with Crippen LogP contribution in [0.5, 0.6) is 0 Å². The Morgan fingerprint density at radius 1 is 1.26 bits per heavy atom. The molecule has 6 nitrogen and oxygen atoms in total. The second kappa shape index (κ2) is 7.27. The van der Waals surface area contributed by atoms with Crippen molar-refractivity contribution in [1.82, 2.24) is 14.9 Å². The minimum Gasteiger partial charge on any atom is -0.381 e. The van der Waals surface area contributed by atoms with Gasteiger partial charge in [0.2, 0.25) is 11.9 Å². The second-order valence-corrected chi connectivity index (χ2v) is 7.84. The molecular formula is C21H26N4O2. The van der Waals surface area contributed by atoms with E-state index in [2.05, 4.69) is 29.1 Å². The molecule has 0 bridgehead atoms. The van der Waals surface area contributed by atoms with Crippen molar-refractivity contribution in [2.75, 3.05) is 18.5 Å². The Bertz CT molecular complexity index is 816. The van der Waals surface area contributed by atoms with E-state index in [1.54, 1.807) is 0 Å². The lowest BCUT2D eigenvalue weighted by molar-refractivity contribution is -0.138. The van der Waals surface area contributed by atoms with E-state index in [-0.39, 0.29) is 11.4 Å². The maximum absolute atomic E-state index is 13.0. The van der Waals surface area contributed by atoms with Crippen molar-refractivity contribution in [3.05, 3.63) is 47.8 Å².